The van der Waals surface area contributed by atoms with E-state index in [1.54, 1.807) is 12.1 Å². The molecule has 1 atom stereocenters. The fraction of sp³-hybridized carbons (Fsp3) is 0.500. The fourth-order valence-electron chi connectivity index (χ4n) is 2.93. The number of rotatable bonds is 6. The highest BCUT2D eigenvalue weighted by molar-refractivity contribution is 6.01. The SMILES string of the molecule is CC(CCCO)n1c(C2CC2)nc2cccc(C(=O)O)c21. The van der Waals surface area contributed by atoms with Crippen LogP contribution >= 0.6 is 0 Å². The Bertz CT molecular complexity index is 673. The van der Waals surface area contributed by atoms with Crippen molar-refractivity contribution in [3.8, 4) is 0 Å². The molecule has 1 aliphatic carbocycles. The van der Waals surface area contributed by atoms with Crippen LogP contribution in [0.5, 0.6) is 0 Å². The van der Waals surface area contributed by atoms with Gasteiger partial charge in [-0.15, -0.1) is 0 Å². The predicted molar refractivity (Wildman–Crippen MR) is 79.7 cm³/mol. The van der Waals surface area contributed by atoms with E-state index in [9.17, 15) is 9.90 Å². The second-order valence-corrected chi connectivity index (χ2v) is 5.81. The molecule has 0 spiro atoms. The summed E-state index contributed by atoms with van der Waals surface area (Å²) in [5, 5.41) is 18.5. The third kappa shape index (κ3) is 2.53. The van der Waals surface area contributed by atoms with Gasteiger partial charge in [0.05, 0.1) is 16.6 Å². The van der Waals surface area contributed by atoms with Crippen LogP contribution in [-0.2, 0) is 0 Å². The van der Waals surface area contributed by atoms with Crippen LogP contribution < -0.4 is 0 Å². The summed E-state index contributed by atoms with van der Waals surface area (Å²) in [5.41, 5.74) is 1.78. The zero-order valence-electron chi connectivity index (χ0n) is 12.1. The van der Waals surface area contributed by atoms with E-state index < -0.39 is 5.97 Å². The lowest BCUT2D eigenvalue weighted by Gasteiger charge is -2.18. The molecule has 0 saturated heterocycles. The van der Waals surface area contributed by atoms with E-state index >= 15 is 0 Å². The molecule has 21 heavy (non-hydrogen) atoms. The van der Waals surface area contributed by atoms with E-state index in [1.807, 2.05) is 6.07 Å². The average Bonchev–Trinajstić information content (AvgIpc) is 3.24. The predicted octanol–water partition coefficient (Wildman–Crippen LogP) is 2.95. The number of para-hydroxylation sites is 1. The van der Waals surface area contributed by atoms with Crippen LogP contribution in [0, 0.1) is 0 Å². The van der Waals surface area contributed by atoms with Gasteiger partial charge in [0.25, 0.3) is 0 Å². The number of hydrogen-bond acceptors (Lipinski definition) is 3. The summed E-state index contributed by atoms with van der Waals surface area (Å²) in [6, 6.07) is 5.40. The van der Waals surface area contributed by atoms with E-state index in [-0.39, 0.29) is 12.6 Å². The summed E-state index contributed by atoms with van der Waals surface area (Å²) in [6.07, 6.45) is 3.77. The minimum absolute atomic E-state index is 0.137. The molecule has 5 nitrogen and oxygen atoms in total. The minimum Gasteiger partial charge on any atom is -0.478 e. The van der Waals surface area contributed by atoms with Gasteiger partial charge >= 0.3 is 5.97 Å². The van der Waals surface area contributed by atoms with Crippen molar-refractivity contribution in [2.75, 3.05) is 6.61 Å². The second kappa shape index (κ2) is 5.48. The van der Waals surface area contributed by atoms with Gasteiger partial charge in [0.1, 0.15) is 5.82 Å². The molecule has 112 valence electrons. The van der Waals surface area contributed by atoms with E-state index in [0.717, 1.165) is 36.1 Å². The molecule has 0 amide bonds. The van der Waals surface area contributed by atoms with Crippen LogP contribution in [0.25, 0.3) is 11.0 Å². The molecular formula is C16H20N2O3. The summed E-state index contributed by atoms with van der Waals surface area (Å²) in [4.78, 5) is 16.2. The maximum atomic E-state index is 11.5. The molecule has 1 heterocycles. The van der Waals surface area contributed by atoms with Gasteiger partial charge in [0, 0.05) is 18.6 Å². The van der Waals surface area contributed by atoms with Gasteiger partial charge in [0.2, 0.25) is 0 Å². The largest absolute Gasteiger partial charge is 0.478 e. The number of carboxylic acids is 1. The van der Waals surface area contributed by atoms with Gasteiger partial charge in [-0.2, -0.15) is 0 Å². The van der Waals surface area contributed by atoms with Crippen LogP contribution in [0.3, 0.4) is 0 Å². The van der Waals surface area contributed by atoms with Gasteiger partial charge in [-0.1, -0.05) is 6.07 Å². The minimum atomic E-state index is -0.918. The molecule has 1 saturated carbocycles. The van der Waals surface area contributed by atoms with E-state index in [0.29, 0.717) is 17.9 Å². The number of benzene rings is 1. The van der Waals surface area contributed by atoms with Crippen molar-refractivity contribution in [2.24, 2.45) is 0 Å². The zero-order chi connectivity index (χ0) is 15.0. The van der Waals surface area contributed by atoms with Crippen molar-refractivity contribution in [3.05, 3.63) is 29.6 Å². The first-order valence-electron chi connectivity index (χ1n) is 7.48. The molecule has 2 aromatic rings. The van der Waals surface area contributed by atoms with Crippen LogP contribution in [0.2, 0.25) is 0 Å². The first-order valence-corrected chi connectivity index (χ1v) is 7.48. The smallest absolute Gasteiger partial charge is 0.337 e. The molecule has 2 N–H and O–H groups in total. The van der Waals surface area contributed by atoms with Crippen molar-refractivity contribution in [1.29, 1.82) is 0 Å². The monoisotopic (exact) mass is 288 g/mol. The quantitative estimate of drug-likeness (QED) is 0.857. The summed E-state index contributed by atoms with van der Waals surface area (Å²) in [7, 11) is 0. The van der Waals surface area contributed by atoms with Gasteiger partial charge in [-0.25, -0.2) is 9.78 Å². The summed E-state index contributed by atoms with van der Waals surface area (Å²) in [6.45, 7) is 2.23. The maximum absolute atomic E-state index is 11.5. The molecule has 0 radical (unpaired) electrons. The number of carboxylic acid groups (broad SMARTS) is 1. The Balaban J connectivity index is 2.17. The Labute approximate surface area is 123 Å². The third-order valence-corrected chi connectivity index (χ3v) is 4.13. The maximum Gasteiger partial charge on any atom is 0.337 e. The van der Waals surface area contributed by atoms with Crippen LogP contribution in [0.15, 0.2) is 18.2 Å². The van der Waals surface area contributed by atoms with Gasteiger partial charge < -0.3 is 14.8 Å². The molecule has 0 aliphatic heterocycles. The van der Waals surface area contributed by atoms with Gasteiger partial charge in [0.15, 0.2) is 0 Å². The molecular weight excluding hydrogens is 268 g/mol. The number of carbonyl (C=O) groups is 1. The average molecular weight is 288 g/mol. The lowest BCUT2D eigenvalue weighted by atomic mass is 10.1. The Hall–Kier alpha value is -1.88. The third-order valence-electron chi connectivity index (χ3n) is 4.13. The van der Waals surface area contributed by atoms with E-state index in [4.69, 9.17) is 5.11 Å². The highest BCUT2D eigenvalue weighted by atomic mass is 16.4. The standard InChI is InChI=1S/C16H20N2O3/c1-10(4-3-9-19)18-14-12(16(20)21)5-2-6-13(14)17-15(18)11-7-8-11/h2,5-6,10-11,19H,3-4,7-9H2,1H3,(H,20,21). The van der Waals surface area contributed by atoms with Gasteiger partial charge in [-0.3, -0.25) is 0 Å². The summed E-state index contributed by atoms with van der Waals surface area (Å²) >= 11 is 0. The molecule has 1 unspecified atom stereocenters. The molecule has 1 aromatic carbocycles. The van der Waals surface area contributed by atoms with Crippen molar-refractivity contribution in [1.82, 2.24) is 9.55 Å². The molecule has 1 aromatic heterocycles. The number of fused-ring (bicyclic) bond motifs is 1. The zero-order valence-corrected chi connectivity index (χ0v) is 12.1. The number of nitrogens with zero attached hydrogens (tertiary/aromatic N) is 2. The van der Waals surface area contributed by atoms with Crippen LogP contribution in [0.1, 0.15) is 60.7 Å². The highest BCUT2D eigenvalue weighted by Crippen LogP contribution is 2.42. The Kier molecular flexibility index (Phi) is 3.68. The molecule has 0 bridgehead atoms. The van der Waals surface area contributed by atoms with E-state index in [1.165, 1.54) is 0 Å². The van der Waals surface area contributed by atoms with Crippen LogP contribution in [0.4, 0.5) is 0 Å². The molecule has 3 rings (SSSR count). The molecule has 1 fully saturated rings. The van der Waals surface area contributed by atoms with Gasteiger partial charge in [-0.05, 0) is 44.7 Å². The number of aliphatic hydroxyl groups excluding tert-OH is 1. The Morgan fingerprint density at radius 1 is 1.48 bits per heavy atom. The summed E-state index contributed by atoms with van der Waals surface area (Å²) < 4.78 is 2.09. The van der Waals surface area contributed by atoms with Crippen molar-refractivity contribution < 1.29 is 15.0 Å². The fourth-order valence-corrected chi connectivity index (χ4v) is 2.93. The summed E-state index contributed by atoms with van der Waals surface area (Å²) in [5.74, 6) is 0.540. The molecule has 1 aliphatic rings. The Morgan fingerprint density at radius 3 is 2.86 bits per heavy atom. The first-order chi connectivity index (χ1) is 10.1. The van der Waals surface area contributed by atoms with E-state index in [2.05, 4.69) is 16.5 Å². The number of aromatic carboxylic acids is 1. The van der Waals surface area contributed by atoms with Crippen LogP contribution in [-0.4, -0.2) is 32.3 Å². The lowest BCUT2D eigenvalue weighted by molar-refractivity contribution is 0.0698. The van der Waals surface area contributed by atoms with Crippen molar-refractivity contribution in [2.45, 2.75) is 44.6 Å². The number of imidazole rings is 1. The number of hydrogen-bond donors (Lipinski definition) is 2. The second-order valence-electron chi connectivity index (χ2n) is 5.81. The van der Waals surface area contributed by atoms with Crippen molar-refractivity contribution in [3.63, 3.8) is 0 Å². The lowest BCUT2D eigenvalue weighted by Crippen LogP contribution is -2.11. The normalized spacial score (nSPS) is 16.3. The number of aliphatic hydroxyl groups is 1. The first kappa shape index (κ1) is 14.1. The highest BCUT2D eigenvalue weighted by Gasteiger charge is 2.32. The van der Waals surface area contributed by atoms with Crippen molar-refractivity contribution >= 4 is 17.0 Å². The number of aromatic nitrogens is 2. The molecule has 5 heteroatoms. The Morgan fingerprint density at radius 2 is 2.24 bits per heavy atom. The topological polar surface area (TPSA) is 75.3 Å².